The maximum atomic E-state index is 5.87. The molecule has 94 valence electrons. The Morgan fingerprint density at radius 2 is 1.94 bits per heavy atom. The predicted molar refractivity (Wildman–Crippen MR) is 72.2 cm³/mol. The molecule has 0 atom stereocenters. The van der Waals surface area contributed by atoms with Gasteiger partial charge in [-0.05, 0) is 25.0 Å². The molecule has 1 saturated carbocycles. The minimum atomic E-state index is 0.575. The fourth-order valence-corrected chi connectivity index (χ4v) is 2.79. The molecule has 1 aliphatic carbocycles. The zero-order valence-electron chi connectivity index (χ0n) is 10.2. The second-order valence-corrected chi connectivity index (χ2v) is 5.26. The molecule has 0 aromatic carbocycles. The maximum absolute atomic E-state index is 5.87. The van der Waals surface area contributed by atoms with Gasteiger partial charge in [-0.2, -0.15) is 0 Å². The molecule has 2 heterocycles. The molecule has 0 bridgehead atoms. The normalized spacial score (nSPS) is 16.9. The van der Waals surface area contributed by atoms with Crippen LogP contribution < -0.4 is 0 Å². The van der Waals surface area contributed by atoms with Crippen LogP contribution in [0.3, 0.4) is 0 Å². The summed E-state index contributed by atoms with van der Waals surface area (Å²) in [6.45, 7) is 0. The first-order chi connectivity index (χ1) is 8.84. The van der Waals surface area contributed by atoms with Gasteiger partial charge >= 0.3 is 0 Å². The lowest BCUT2D eigenvalue weighted by Crippen LogP contribution is -2.11. The van der Waals surface area contributed by atoms with Crippen molar-refractivity contribution in [3.05, 3.63) is 41.6 Å². The molecule has 3 rings (SSSR count). The summed E-state index contributed by atoms with van der Waals surface area (Å²) in [4.78, 5) is 8.90. The Labute approximate surface area is 112 Å². The highest BCUT2D eigenvalue weighted by Gasteiger charge is 2.20. The summed E-state index contributed by atoms with van der Waals surface area (Å²) in [7, 11) is 0. The van der Waals surface area contributed by atoms with Gasteiger partial charge in [-0.25, -0.2) is 9.97 Å². The second kappa shape index (κ2) is 5.11. The van der Waals surface area contributed by atoms with Crippen molar-refractivity contribution in [1.29, 1.82) is 0 Å². The lowest BCUT2D eigenvalue weighted by atomic mass is 9.88. The molecule has 4 heteroatoms. The molecule has 2 aromatic rings. The van der Waals surface area contributed by atoms with Crippen LogP contribution in [0.5, 0.6) is 0 Å². The van der Waals surface area contributed by atoms with E-state index in [2.05, 4.69) is 14.5 Å². The van der Waals surface area contributed by atoms with E-state index in [1.807, 2.05) is 24.5 Å². The average Bonchev–Trinajstić information content (AvgIpc) is 2.90. The SMILES string of the molecule is Clc1ccc(-n2ccnc2C2CCCCC2)nc1. The minimum Gasteiger partial charge on any atom is -0.288 e. The molecule has 0 radical (unpaired) electrons. The molecule has 3 nitrogen and oxygen atoms in total. The van der Waals surface area contributed by atoms with E-state index < -0.39 is 0 Å². The first kappa shape index (κ1) is 11.7. The molecule has 1 aliphatic rings. The molecule has 0 saturated heterocycles. The largest absolute Gasteiger partial charge is 0.288 e. The number of imidazole rings is 1. The number of aromatic nitrogens is 3. The van der Waals surface area contributed by atoms with Gasteiger partial charge in [0.2, 0.25) is 0 Å². The first-order valence-electron chi connectivity index (χ1n) is 6.50. The molecule has 0 unspecified atom stereocenters. The molecule has 0 amide bonds. The van der Waals surface area contributed by atoms with Gasteiger partial charge < -0.3 is 0 Å². The number of rotatable bonds is 2. The van der Waals surface area contributed by atoms with Crippen LogP contribution in [0, 0.1) is 0 Å². The molecule has 0 N–H and O–H groups in total. The van der Waals surface area contributed by atoms with Crippen LogP contribution in [0.25, 0.3) is 5.82 Å². The number of hydrogen-bond donors (Lipinski definition) is 0. The van der Waals surface area contributed by atoms with Crippen LogP contribution in [0.15, 0.2) is 30.7 Å². The molecule has 18 heavy (non-hydrogen) atoms. The van der Waals surface area contributed by atoms with E-state index >= 15 is 0 Å². The van der Waals surface area contributed by atoms with Crippen molar-refractivity contribution in [2.45, 2.75) is 38.0 Å². The van der Waals surface area contributed by atoms with Crippen LogP contribution in [0.4, 0.5) is 0 Å². The van der Waals surface area contributed by atoms with Crippen molar-refractivity contribution >= 4 is 11.6 Å². The number of nitrogens with zero attached hydrogens (tertiary/aromatic N) is 3. The van der Waals surface area contributed by atoms with Crippen molar-refractivity contribution in [2.24, 2.45) is 0 Å². The van der Waals surface area contributed by atoms with E-state index in [4.69, 9.17) is 11.6 Å². The van der Waals surface area contributed by atoms with Gasteiger partial charge in [0.15, 0.2) is 0 Å². The zero-order chi connectivity index (χ0) is 12.4. The molecule has 1 fully saturated rings. The fourth-order valence-electron chi connectivity index (χ4n) is 2.68. The van der Waals surface area contributed by atoms with Crippen LogP contribution in [0.2, 0.25) is 5.02 Å². The summed E-state index contributed by atoms with van der Waals surface area (Å²) in [5, 5.41) is 0.665. The molecular weight excluding hydrogens is 246 g/mol. The lowest BCUT2D eigenvalue weighted by molar-refractivity contribution is 0.425. The minimum absolute atomic E-state index is 0.575. The summed E-state index contributed by atoms with van der Waals surface area (Å²) in [5.41, 5.74) is 0. The topological polar surface area (TPSA) is 30.7 Å². The Bertz CT molecular complexity index is 512. The Morgan fingerprint density at radius 3 is 2.67 bits per heavy atom. The van der Waals surface area contributed by atoms with E-state index in [0.29, 0.717) is 10.9 Å². The van der Waals surface area contributed by atoms with Gasteiger partial charge in [-0.15, -0.1) is 0 Å². The molecule has 0 spiro atoms. The van der Waals surface area contributed by atoms with Gasteiger partial charge in [0, 0.05) is 24.5 Å². The maximum Gasteiger partial charge on any atom is 0.138 e. The van der Waals surface area contributed by atoms with E-state index in [1.165, 1.54) is 32.1 Å². The summed E-state index contributed by atoms with van der Waals surface area (Å²) in [6, 6.07) is 3.81. The van der Waals surface area contributed by atoms with Crippen molar-refractivity contribution in [2.75, 3.05) is 0 Å². The van der Waals surface area contributed by atoms with Crippen LogP contribution in [-0.2, 0) is 0 Å². The predicted octanol–water partition coefficient (Wildman–Crippen LogP) is 3.97. The summed E-state index contributed by atoms with van der Waals surface area (Å²) in [6.07, 6.45) is 12.0. The molecular formula is C14H16ClN3. The van der Waals surface area contributed by atoms with Crippen molar-refractivity contribution < 1.29 is 0 Å². The lowest BCUT2D eigenvalue weighted by Gasteiger charge is -2.21. The highest BCUT2D eigenvalue weighted by molar-refractivity contribution is 6.30. The second-order valence-electron chi connectivity index (χ2n) is 4.82. The number of hydrogen-bond acceptors (Lipinski definition) is 2. The summed E-state index contributed by atoms with van der Waals surface area (Å²) < 4.78 is 2.09. The van der Waals surface area contributed by atoms with E-state index in [0.717, 1.165) is 11.6 Å². The van der Waals surface area contributed by atoms with Gasteiger partial charge in [0.05, 0.1) is 5.02 Å². The van der Waals surface area contributed by atoms with Gasteiger partial charge in [0.1, 0.15) is 11.6 Å². The third kappa shape index (κ3) is 2.27. The van der Waals surface area contributed by atoms with Crippen molar-refractivity contribution in [3.63, 3.8) is 0 Å². The van der Waals surface area contributed by atoms with Crippen LogP contribution in [-0.4, -0.2) is 14.5 Å². The highest BCUT2D eigenvalue weighted by atomic mass is 35.5. The molecule has 2 aromatic heterocycles. The fraction of sp³-hybridized carbons (Fsp3) is 0.429. The first-order valence-corrected chi connectivity index (χ1v) is 6.87. The van der Waals surface area contributed by atoms with Crippen LogP contribution >= 0.6 is 11.6 Å². The van der Waals surface area contributed by atoms with E-state index in [-0.39, 0.29) is 0 Å². The Morgan fingerprint density at radius 1 is 1.11 bits per heavy atom. The Kier molecular flexibility index (Phi) is 3.33. The smallest absolute Gasteiger partial charge is 0.138 e. The standard InChI is InChI=1S/C14H16ClN3/c15-12-6-7-13(17-10-12)18-9-8-16-14(18)11-4-2-1-3-5-11/h6-11H,1-5H2. The average molecular weight is 262 g/mol. The highest BCUT2D eigenvalue weighted by Crippen LogP contribution is 2.32. The van der Waals surface area contributed by atoms with E-state index in [9.17, 15) is 0 Å². The van der Waals surface area contributed by atoms with Gasteiger partial charge in [-0.1, -0.05) is 30.9 Å². The zero-order valence-corrected chi connectivity index (χ0v) is 11.0. The number of pyridine rings is 1. The monoisotopic (exact) mass is 261 g/mol. The summed E-state index contributed by atoms with van der Waals surface area (Å²) >= 11 is 5.87. The van der Waals surface area contributed by atoms with Gasteiger partial charge in [-0.3, -0.25) is 4.57 Å². The summed E-state index contributed by atoms with van der Waals surface area (Å²) in [5.74, 6) is 2.62. The quantitative estimate of drug-likeness (QED) is 0.819. The van der Waals surface area contributed by atoms with E-state index in [1.54, 1.807) is 6.20 Å². The number of halogens is 1. The Hall–Kier alpha value is -1.35. The van der Waals surface area contributed by atoms with Crippen molar-refractivity contribution in [1.82, 2.24) is 14.5 Å². The third-order valence-corrected chi connectivity index (χ3v) is 3.82. The Balaban J connectivity index is 1.93. The van der Waals surface area contributed by atoms with Crippen LogP contribution in [0.1, 0.15) is 43.8 Å². The van der Waals surface area contributed by atoms with Crippen molar-refractivity contribution in [3.8, 4) is 5.82 Å². The third-order valence-electron chi connectivity index (χ3n) is 3.60. The van der Waals surface area contributed by atoms with Gasteiger partial charge in [0.25, 0.3) is 0 Å². The molecule has 0 aliphatic heterocycles.